The third-order valence-electron chi connectivity index (χ3n) is 4.82. The van der Waals surface area contributed by atoms with Gasteiger partial charge in [0.15, 0.2) is 0 Å². The van der Waals surface area contributed by atoms with Crippen molar-refractivity contribution in [3.8, 4) is 11.5 Å². The third kappa shape index (κ3) is 3.37. The maximum absolute atomic E-state index is 12.8. The van der Waals surface area contributed by atoms with Crippen molar-refractivity contribution in [2.45, 2.75) is 13.8 Å². The summed E-state index contributed by atoms with van der Waals surface area (Å²) in [6.07, 6.45) is 0. The smallest absolute Gasteiger partial charge is 0.343 e. The summed E-state index contributed by atoms with van der Waals surface area (Å²) in [5.74, 6) is 0.326. The Kier molecular flexibility index (Phi) is 5.14. The number of ether oxygens (including phenoxy) is 3. The van der Waals surface area contributed by atoms with Gasteiger partial charge >= 0.3 is 11.9 Å². The van der Waals surface area contributed by atoms with Gasteiger partial charge in [0, 0.05) is 16.2 Å². The zero-order valence-corrected chi connectivity index (χ0v) is 16.9. The van der Waals surface area contributed by atoms with E-state index in [4.69, 9.17) is 18.6 Å². The number of furan rings is 1. The molecule has 0 saturated heterocycles. The van der Waals surface area contributed by atoms with Crippen molar-refractivity contribution in [3.63, 3.8) is 0 Å². The second-order valence-electron chi connectivity index (χ2n) is 6.67. The Morgan fingerprint density at radius 2 is 1.70 bits per heavy atom. The first-order valence-corrected chi connectivity index (χ1v) is 9.51. The molecule has 3 aromatic carbocycles. The largest absolute Gasteiger partial charge is 0.497 e. The molecule has 0 aliphatic rings. The highest BCUT2D eigenvalue weighted by molar-refractivity contribution is 6.15. The van der Waals surface area contributed by atoms with Gasteiger partial charge in [-0.1, -0.05) is 30.3 Å². The monoisotopic (exact) mass is 404 g/mol. The van der Waals surface area contributed by atoms with Crippen LogP contribution in [0.3, 0.4) is 0 Å². The molecule has 0 radical (unpaired) electrons. The van der Waals surface area contributed by atoms with Crippen molar-refractivity contribution in [2.75, 3.05) is 13.7 Å². The highest BCUT2D eigenvalue weighted by atomic mass is 16.5. The molecule has 4 aromatic rings. The van der Waals surface area contributed by atoms with Crippen LogP contribution in [0.2, 0.25) is 0 Å². The molecule has 0 N–H and O–H groups in total. The molecule has 6 nitrogen and oxygen atoms in total. The van der Waals surface area contributed by atoms with Crippen molar-refractivity contribution in [1.29, 1.82) is 0 Å². The molecular formula is C24H20O6. The fraction of sp³-hybridized carbons (Fsp3) is 0.167. The molecule has 0 aliphatic heterocycles. The van der Waals surface area contributed by atoms with Crippen molar-refractivity contribution in [3.05, 3.63) is 71.5 Å². The first kappa shape index (κ1) is 19.5. The summed E-state index contributed by atoms with van der Waals surface area (Å²) >= 11 is 0. The summed E-state index contributed by atoms with van der Waals surface area (Å²) in [5, 5.41) is 1.98. The van der Waals surface area contributed by atoms with Crippen molar-refractivity contribution < 1.29 is 28.2 Å². The maximum atomic E-state index is 12.8. The van der Waals surface area contributed by atoms with Crippen LogP contribution in [-0.2, 0) is 4.74 Å². The van der Waals surface area contributed by atoms with Crippen LogP contribution in [0.15, 0.2) is 59.0 Å². The van der Waals surface area contributed by atoms with Gasteiger partial charge in [-0.3, -0.25) is 0 Å². The highest BCUT2D eigenvalue weighted by Gasteiger charge is 2.23. The van der Waals surface area contributed by atoms with Crippen LogP contribution in [0, 0.1) is 6.92 Å². The first-order chi connectivity index (χ1) is 14.5. The topological polar surface area (TPSA) is 75.0 Å². The normalized spacial score (nSPS) is 10.9. The van der Waals surface area contributed by atoms with Gasteiger partial charge in [-0.25, -0.2) is 9.59 Å². The van der Waals surface area contributed by atoms with E-state index < -0.39 is 11.9 Å². The molecular weight excluding hydrogens is 384 g/mol. The predicted octanol–water partition coefficient (Wildman–Crippen LogP) is 5.30. The molecule has 0 spiro atoms. The predicted molar refractivity (Wildman–Crippen MR) is 112 cm³/mol. The minimum atomic E-state index is -0.531. The van der Waals surface area contributed by atoms with Gasteiger partial charge in [0.1, 0.15) is 28.4 Å². The lowest BCUT2D eigenvalue weighted by Crippen LogP contribution is -2.09. The first-order valence-electron chi connectivity index (χ1n) is 9.51. The second kappa shape index (κ2) is 7.91. The van der Waals surface area contributed by atoms with E-state index in [2.05, 4.69) is 0 Å². The Morgan fingerprint density at radius 3 is 2.43 bits per heavy atom. The number of fused-ring (bicyclic) bond motifs is 3. The van der Waals surface area contributed by atoms with Crippen LogP contribution in [-0.4, -0.2) is 25.7 Å². The average molecular weight is 404 g/mol. The van der Waals surface area contributed by atoms with Gasteiger partial charge in [0.25, 0.3) is 0 Å². The zero-order chi connectivity index (χ0) is 21.3. The van der Waals surface area contributed by atoms with E-state index in [1.165, 1.54) is 7.11 Å². The van der Waals surface area contributed by atoms with Crippen LogP contribution in [0.1, 0.15) is 33.4 Å². The molecule has 0 bridgehead atoms. The molecule has 0 unspecified atom stereocenters. The molecule has 1 heterocycles. The van der Waals surface area contributed by atoms with E-state index in [1.54, 1.807) is 44.2 Å². The molecule has 152 valence electrons. The van der Waals surface area contributed by atoms with Crippen LogP contribution in [0.25, 0.3) is 21.7 Å². The number of hydrogen-bond acceptors (Lipinski definition) is 6. The number of carbonyl (C=O) groups excluding carboxylic acids is 2. The number of aryl methyl sites for hydroxylation is 1. The summed E-state index contributed by atoms with van der Waals surface area (Å²) in [4.78, 5) is 25.3. The molecule has 0 aliphatic carbocycles. The van der Waals surface area contributed by atoms with Crippen LogP contribution in [0.4, 0.5) is 0 Å². The minimum absolute atomic E-state index is 0.246. The summed E-state index contributed by atoms with van der Waals surface area (Å²) in [5.41, 5.74) is 1.23. The van der Waals surface area contributed by atoms with Crippen LogP contribution in [0.5, 0.6) is 11.5 Å². The molecule has 6 heteroatoms. The lowest BCUT2D eigenvalue weighted by atomic mass is 10.0. The molecule has 0 atom stereocenters. The molecule has 0 amide bonds. The lowest BCUT2D eigenvalue weighted by molar-refractivity contribution is 0.0526. The number of methoxy groups -OCH3 is 1. The van der Waals surface area contributed by atoms with Gasteiger partial charge < -0.3 is 18.6 Å². The molecule has 4 rings (SSSR count). The minimum Gasteiger partial charge on any atom is -0.497 e. The summed E-state index contributed by atoms with van der Waals surface area (Å²) in [6, 6.07) is 15.8. The standard InChI is InChI=1S/C24H20O6/c1-4-28-24(26)21-14(2)29-22-18-11-6-5-10-17(18)20(13-19(21)22)30-23(25)15-8-7-9-16(12-15)27-3/h5-13H,4H2,1-3H3. The van der Waals surface area contributed by atoms with Crippen LogP contribution >= 0.6 is 0 Å². The van der Waals surface area contributed by atoms with E-state index in [1.807, 2.05) is 24.3 Å². The Balaban J connectivity index is 1.86. The Bertz CT molecular complexity index is 1270. The fourth-order valence-electron chi connectivity index (χ4n) is 3.46. The fourth-order valence-corrected chi connectivity index (χ4v) is 3.46. The molecule has 1 aromatic heterocycles. The van der Waals surface area contributed by atoms with E-state index in [0.717, 1.165) is 5.39 Å². The van der Waals surface area contributed by atoms with Gasteiger partial charge in [-0.15, -0.1) is 0 Å². The van der Waals surface area contributed by atoms with Gasteiger partial charge in [0.2, 0.25) is 0 Å². The maximum Gasteiger partial charge on any atom is 0.343 e. The number of hydrogen-bond donors (Lipinski definition) is 0. The Morgan fingerprint density at radius 1 is 0.933 bits per heavy atom. The van der Waals surface area contributed by atoms with E-state index in [-0.39, 0.29) is 6.61 Å². The van der Waals surface area contributed by atoms with Crippen molar-refractivity contribution in [2.24, 2.45) is 0 Å². The number of benzene rings is 3. The zero-order valence-electron chi connectivity index (χ0n) is 16.9. The highest BCUT2D eigenvalue weighted by Crippen LogP contribution is 2.38. The van der Waals surface area contributed by atoms with Gasteiger partial charge in [-0.2, -0.15) is 0 Å². The van der Waals surface area contributed by atoms with Crippen LogP contribution < -0.4 is 9.47 Å². The summed E-state index contributed by atoms with van der Waals surface area (Å²) in [6.45, 7) is 3.70. The van der Waals surface area contributed by atoms with Gasteiger partial charge in [0.05, 0.1) is 19.3 Å². The van der Waals surface area contributed by atoms with E-state index >= 15 is 0 Å². The SMILES string of the molecule is CCOC(=O)c1c(C)oc2c1cc(OC(=O)c1cccc(OC)c1)c1ccccc12. The number of carbonyl (C=O) groups is 2. The van der Waals surface area contributed by atoms with E-state index in [9.17, 15) is 9.59 Å². The average Bonchev–Trinajstić information content (AvgIpc) is 3.10. The second-order valence-corrected chi connectivity index (χ2v) is 6.67. The molecule has 30 heavy (non-hydrogen) atoms. The van der Waals surface area contributed by atoms with Crippen molar-refractivity contribution in [1.82, 2.24) is 0 Å². The quantitative estimate of drug-likeness (QED) is 0.332. The summed E-state index contributed by atoms with van der Waals surface area (Å²) in [7, 11) is 1.53. The Labute approximate surface area is 172 Å². The number of esters is 2. The third-order valence-corrected chi connectivity index (χ3v) is 4.82. The summed E-state index contributed by atoms with van der Waals surface area (Å²) < 4.78 is 22.0. The van der Waals surface area contributed by atoms with Crippen molar-refractivity contribution >= 4 is 33.7 Å². The lowest BCUT2D eigenvalue weighted by Gasteiger charge is -2.10. The number of rotatable bonds is 5. The molecule has 0 fully saturated rings. The van der Waals surface area contributed by atoms with Gasteiger partial charge in [-0.05, 0) is 38.1 Å². The molecule has 0 saturated carbocycles. The van der Waals surface area contributed by atoms with E-state index in [0.29, 0.717) is 44.7 Å². The Hall–Kier alpha value is -3.80.